The third kappa shape index (κ3) is 6.58. The zero-order valence-corrected chi connectivity index (χ0v) is 19.6. The van der Waals surface area contributed by atoms with Gasteiger partial charge in [0.05, 0.1) is 24.2 Å². The maximum Gasteiger partial charge on any atom is 0.316 e. The van der Waals surface area contributed by atoms with E-state index in [2.05, 4.69) is 6.58 Å². The van der Waals surface area contributed by atoms with Crippen molar-refractivity contribution in [1.29, 1.82) is 0 Å². The molecule has 0 unspecified atom stereocenters. The summed E-state index contributed by atoms with van der Waals surface area (Å²) in [5.74, 6) is 1.23. The van der Waals surface area contributed by atoms with Gasteiger partial charge in [0.25, 0.3) is 0 Å². The van der Waals surface area contributed by atoms with Crippen molar-refractivity contribution in [1.82, 2.24) is 0 Å². The summed E-state index contributed by atoms with van der Waals surface area (Å²) in [7, 11) is 0. The molecule has 0 aromatic heterocycles. The van der Waals surface area contributed by atoms with Crippen LogP contribution in [0, 0.1) is 5.41 Å². The van der Waals surface area contributed by atoms with Crippen LogP contribution in [0.4, 0.5) is 0 Å². The fourth-order valence-corrected chi connectivity index (χ4v) is 2.90. The smallest absolute Gasteiger partial charge is 0.316 e. The largest absolute Gasteiger partial charge is 0.493 e. The van der Waals surface area contributed by atoms with Crippen molar-refractivity contribution in [3.05, 3.63) is 71.8 Å². The van der Waals surface area contributed by atoms with E-state index in [1.54, 1.807) is 51.1 Å². The number of rotatable bonds is 10. The van der Waals surface area contributed by atoms with Gasteiger partial charge in [-0.2, -0.15) is 0 Å². The molecule has 0 amide bonds. The van der Waals surface area contributed by atoms with Crippen molar-refractivity contribution in [2.75, 3.05) is 13.2 Å². The molecule has 0 aliphatic carbocycles. The van der Waals surface area contributed by atoms with Crippen LogP contribution in [-0.4, -0.2) is 25.0 Å². The van der Waals surface area contributed by atoms with E-state index in [4.69, 9.17) is 14.2 Å². The molecular formula is C27H32O5. The Morgan fingerprint density at radius 3 is 2.19 bits per heavy atom. The van der Waals surface area contributed by atoms with Gasteiger partial charge in [0, 0.05) is 5.56 Å². The third-order valence-corrected chi connectivity index (χ3v) is 4.55. The van der Waals surface area contributed by atoms with Crippen LogP contribution < -0.4 is 14.2 Å². The number of hydrogen-bond acceptors (Lipinski definition) is 5. The standard InChI is InChI=1S/C27H32O5/c1-7-10-20-13-18-24(30-8-2)22(25(20)31-9-3)16-17-23(28)19-11-14-21(15-12-19)32-26(29)27(4,5)6/h7,11-18H,1,8-10H2,2-6H3. The predicted molar refractivity (Wildman–Crippen MR) is 128 cm³/mol. The molecule has 0 aliphatic rings. The number of esters is 1. The van der Waals surface area contributed by atoms with Gasteiger partial charge in [-0.15, -0.1) is 6.58 Å². The van der Waals surface area contributed by atoms with Crippen LogP contribution in [0.25, 0.3) is 6.08 Å². The summed E-state index contributed by atoms with van der Waals surface area (Å²) in [6, 6.07) is 10.3. The molecule has 5 heteroatoms. The van der Waals surface area contributed by atoms with Crippen LogP contribution in [0.5, 0.6) is 17.2 Å². The molecule has 0 spiro atoms. The van der Waals surface area contributed by atoms with Crippen molar-refractivity contribution < 1.29 is 23.8 Å². The first kappa shape index (κ1) is 24.9. The molecule has 32 heavy (non-hydrogen) atoms. The Morgan fingerprint density at radius 1 is 0.969 bits per heavy atom. The number of carbonyl (C=O) groups is 2. The van der Waals surface area contributed by atoms with E-state index in [9.17, 15) is 9.59 Å². The quantitative estimate of drug-likeness (QED) is 0.149. The van der Waals surface area contributed by atoms with Gasteiger partial charge in [-0.3, -0.25) is 9.59 Å². The van der Waals surface area contributed by atoms with Crippen molar-refractivity contribution in [2.24, 2.45) is 5.41 Å². The van der Waals surface area contributed by atoms with Crippen LogP contribution in [-0.2, 0) is 11.2 Å². The molecule has 2 aromatic carbocycles. The molecule has 0 radical (unpaired) electrons. The highest BCUT2D eigenvalue weighted by atomic mass is 16.5. The number of ether oxygens (including phenoxy) is 3. The first-order chi connectivity index (χ1) is 15.2. The van der Waals surface area contributed by atoms with E-state index >= 15 is 0 Å². The Morgan fingerprint density at radius 2 is 1.62 bits per heavy atom. The third-order valence-electron chi connectivity index (χ3n) is 4.55. The summed E-state index contributed by atoms with van der Waals surface area (Å²) >= 11 is 0. The molecule has 5 nitrogen and oxygen atoms in total. The summed E-state index contributed by atoms with van der Waals surface area (Å²) in [5, 5.41) is 0. The lowest BCUT2D eigenvalue weighted by Gasteiger charge is -2.16. The predicted octanol–water partition coefficient (Wildman–Crippen LogP) is 6.06. The highest BCUT2D eigenvalue weighted by molar-refractivity contribution is 6.07. The molecule has 2 aromatic rings. The summed E-state index contributed by atoms with van der Waals surface area (Å²) < 4.78 is 17.0. The van der Waals surface area contributed by atoms with Gasteiger partial charge in [0.1, 0.15) is 17.2 Å². The van der Waals surface area contributed by atoms with Crippen molar-refractivity contribution in [2.45, 2.75) is 41.0 Å². The van der Waals surface area contributed by atoms with E-state index in [1.807, 2.05) is 32.1 Å². The number of hydrogen-bond donors (Lipinski definition) is 0. The molecule has 0 atom stereocenters. The van der Waals surface area contributed by atoms with Crippen LogP contribution in [0.15, 0.2) is 55.1 Å². The van der Waals surface area contributed by atoms with Gasteiger partial charge in [0.15, 0.2) is 5.78 Å². The van der Waals surface area contributed by atoms with Gasteiger partial charge in [-0.05, 0) is 89.1 Å². The SMILES string of the molecule is C=CCc1ccc(OCC)c(C=CC(=O)c2ccc(OC(=O)C(C)(C)C)cc2)c1OCC. The van der Waals surface area contributed by atoms with Gasteiger partial charge in [-0.1, -0.05) is 12.1 Å². The Kier molecular flexibility index (Phi) is 8.82. The number of benzene rings is 2. The summed E-state index contributed by atoms with van der Waals surface area (Å²) in [6.45, 7) is 14.0. The average Bonchev–Trinajstić information content (AvgIpc) is 2.75. The maximum atomic E-state index is 12.8. The fourth-order valence-electron chi connectivity index (χ4n) is 2.90. The van der Waals surface area contributed by atoms with Crippen LogP contribution in [0.1, 0.15) is 56.1 Å². The molecule has 0 heterocycles. The summed E-state index contributed by atoms with van der Waals surface area (Å²) in [5.41, 5.74) is 1.57. The van der Waals surface area contributed by atoms with E-state index in [-0.39, 0.29) is 11.8 Å². The molecule has 0 N–H and O–H groups in total. The van der Waals surface area contributed by atoms with Gasteiger partial charge in [-0.25, -0.2) is 0 Å². The van der Waals surface area contributed by atoms with Gasteiger partial charge < -0.3 is 14.2 Å². The zero-order valence-electron chi connectivity index (χ0n) is 19.6. The summed E-state index contributed by atoms with van der Waals surface area (Å²) in [4.78, 5) is 24.8. The van der Waals surface area contributed by atoms with Gasteiger partial charge >= 0.3 is 5.97 Å². The van der Waals surface area contributed by atoms with E-state index in [0.29, 0.717) is 42.4 Å². The lowest BCUT2D eigenvalue weighted by Crippen LogP contribution is -2.25. The minimum Gasteiger partial charge on any atom is -0.493 e. The topological polar surface area (TPSA) is 61.8 Å². The maximum absolute atomic E-state index is 12.8. The monoisotopic (exact) mass is 436 g/mol. The molecule has 0 saturated heterocycles. The molecule has 0 bridgehead atoms. The highest BCUT2D eigenvalue weighted by Gasteiger charge is 2.23. The van der Waals surface area contributed by atoms with E-state index in [0.717, 1.165) is 11.1 Å². The second kappa shape index (κ2) is 11.3. The molecular weight excluding hydrogens is 404 g/mol. The normalized spacial score (nSPS) is 11.3. The molecule has 0 aliphatic heterocycles. The lowest BCUT2D eigenvalue weighted by atomic mass is 9.97. The van der Waals surface area contributed by atoms with Crippen LogP contribution in [0.2, 0.25) is 0 Å². The molecule has 2 rings (SSSR count). The number of allylic oxidation sites excluding steroid dienone is 2. The highest BCUT2D eigenvalue weighted by Crippen LogP contribution is 2.34. The molecule has 0 fully saturated rings. The Balaban J connectivity index is 2.29. The van der Waals surface area contributed by atoms with Gasteiger partial charge in [0.2, 0.25) is 0 Å². The molecule has 0 saturated carbocycles. The number of carbonyl (C=O) groups excluding carboxylic acids is 2. The summed E-state index contributed by atoms with van der Waals surface area (Å²) in [6.07, 6.45) is 5.67. The van der Waals surface area contributed by atoms with E-state index in [1.165, 1.54) is 6.08 Å². The Hall–Kier alpha value is -3.34. The fraction of sp³-hybridized carbons (Fsp3) is 0.333. The minimum absolute atomic E-state index is 0.183. The zero-order chi connectivity index (χ0) is 23.7. The first-order valence-corrected chi connectivity index (χ1v) is 10.8. The van der Waals surface area contributed by atoms with Crippen molar-refractivity contribution >= 4 is 17.8 Å². The Bertz CT molecular complexity index is 978. The van der Waals surface area contributed by atoms with E-state index < -0.39 is 5.41 Å². The lowest BCUT2D eigenvalue weighted by molar-refractivity contribution is -0.143. The first-order valence-electron chi connectivity index (χ1n) is 10.8. The minimum atomic E-state index is -0.603. The second-order valence-corrected chi connectivity index (χ2v) is 8.19. The molecule has 170 valence electrons. The van der Waals surface area contributed by atoms with Crippen molar-refractivity contribution in [3.63, 3.8) is 0 Å². The van der Waals surface area contributed by atoms with Crippen molar-refractivity contribution in [3.8, 4) is 17.2 Å². The number of ketones is 1. The average molecular weight is 437 g/mol. The second-order valence-electron chi connectivity index (χ2n) is 8.19. The van der Waals surface area contributed by atoms with Crippen LogP contribution >= 0.6 is 0 Å². The Labute approximate surface area is 190 Å². The van der Waals surface area contributed by atoms with Crippen LogP contribution in [0.3, 0.4) is 0 Å².